The van der Waals surface area contributed by atoms with E-state index in [1.165, 1.54) is 0 Å². The number of nitrogens with two attached hydrogens (primary N) is 1. The third-order valence-electron chi connectivity index (χ3n) is 1.80. The lowest BCUT2D eigenvalue weighted by molar-refractivity contribution is -0.128. The zero-order valence-corrected chi connectivity index (χ0v) is 7.70. The molecular weight excluding hydrogens is 172 g/mol. The number of nitrogens with zero attached hydrogens (tertiary/aromatic N) is 1. The Bertz CT molecular complexity index is 229. The molecule has 4 N–H and O–H groups in total. The number of nitrogens with one attached hydrogen (secondary N) is 2. The van der Waals surface area contributed by atoms with E-state index in [0.29, 0.717) is 6.54 Å². The van der Waals surface area contributed by atoms with E-state index in [-0.39, 0.29) is 11.8 Å². The van der Waals surface area contributed by atoms with Gasteiger partial charge < -0.3 is 11.1 Å². The van der Waals surface area contributed by atoms with Crippen LogP contribution in [0, 0.1) is 0 Å². The first-order valence-electron chi connectivity index (χ1n) is 4.08. The minimum atomic E-state index is -0.585. The van der Waals surface area contributed by atoms with Gasteiger partial charge in [-0.15, -0.1) is 0 Å². The van der Waals surface area contributed by atoms with Gasteiger partial charge in [0.05, 0.1) is 6.04 Å². The van der Waals surface area contributed by atoms with Gasteiger partial charge in [0, 0.05) is 13.6 Å². The Kier molecular flexibility index (Phi) is 2.84. The van der Waals surface area contributed by atoms with Crippen molar-refractivity contribution in [1.82, 2.24) is 15.8 Å². The zero-order valence-electron chi connectivity index (χ0n) is 7.70. The lowest BCUT2D eigenvalue weighted by Gasteiger charge is -2.11. The lowest BCUT2D eigenvalue weighted by atomic mass is 10.2. The molecule has 0 aromatic heterocycles. The zero-order chi connectivity index (χ0) is 10.0. The van der Waals surface area contributed by atoms with Gasteiger partial charge >= 0.3 is 0 Å². The van der Waals surface area contributed by atoms with Gasteiger partial charge in [-0.1, -0.05) is 0 Å². The van der Waals surface area contributed by atoms with E-state index in [1.54, 1.807) is 19.0 Å². The molecule has 0 bridgehead atoms. The Hall–Kier alpha value is -1.14. The number of carbonyl (C=O) groups is 2. The molecule has 1 rings (SSSR count). The van der Waals surface area contributed by atoms with E-state index >= 15 is 0 Å². The number of amides is 2. The average Bonchev–Trinajstić information content (AvgIpc) is 2.30. The van der Waals surface area contributed by atoms with Crippen molar-refractivity contribution >= 4 is 11.8 Å². The summed E-state index contributed by atoms with van der Waals surface area (Å²) in [7, 11) is 1.73. The maximum atomic E-state index is 11.1. The lowest BCUT2D eigenvalue weighted by Crippen LogP contribution is -2.47. The SMILES string of the molecule is C[C@H](N)C(=O)NC1CN(C)NC1=O. The van der Waals surface area contributed by atoms with Gasteiger partial charge in [0.2, 0.25) is 5.91 Å². The van der Waals surface area contributed by atoms with Crippen molar-refractivity contribution in [2.45, 2.75) is 19.0 Å². The van der Waals surface area contributed by atoms with Crippen LogP contribution >= 0.6 is 0 Å². The van der Waals surface area contributed by atoms with Gasteiger partial charge in [0.1, 0.15) is 6.04 Å². The number of hydrazine groups is 1. The molecule has 1 fully saturated rings. The largest absolute Gasteiger partial charge is 0.342 e. The first-order valence-corrected chi connectivity index (χ1v) is 4.08. The summed E-state index contributed by atoms with van der Waals surface area (Å²) in [5, 5.41) is 4.16. The summed E-state index contributed by atoms with van der Waals surface area (Å²) in [6.07, 6.45) is 0. The van der Waals surface area contributed by atoms with Gasteiger partial charge in [-0.2, -0.15) is 0 Å². The van der Waals surface area contributed by atoms with E-state index in [1.807, 2.05) is 0 Å². The molecule has 0 aliphatic carbocycles. The fourth-order valence-corrected chi connectivity index (χ4v) is 1.08. The highest BCUT2D eigenvalue weighted by Gasteiger charge is 2.29. The maximum absolute atomic E-state index is 11.1. The minimum Gasteiger partial charge on any atom is -0.342 e. The molecule has 1 heterocycles. The van der Waals surface area contributed by atoms with Crippen molar-refractivity contribution in [3.63, 3.8) is 0 Å². The summed E-state index contributed by atoms with van der Waals surface area (Å²) in [6, 6.07) is -1.07. The predicted molar refractivity (Wildman–Crippen MR) is 46.4 cm³/mol. The third-order valence-corrected chi connectivity index (χ3v) is 1.80. The summed E-state index contributed by atoms with van der Waals surface area (Å²) >= 11 is 0. The molecule has 2 amide bonds. The number of hydrogen-bond donors (Lipinski definition) is 3. The second kappa shape index (κ2) is 3.71. The second-order valence-corrected chi connectivity index (χ2v) is 3.21. The molecule has 0 saturated carbocycles. The standard InChI is InChI=1S/C7H14N4O2/c1-4(8)6(12)9-5-3-11(2)10-7(5)13/h4-5H,3,8H2,1-2H3,(H,9,12)(H,10,13)/t4-,5?/m0/s1. The molecule has 1 aliphatic rings. The van der Waals surface area contributed by atoms with Crippen molar-refractivity contribution in [2.24, 2.45) is 5.73 Å². The first kappa shape index (κ1) is 9.94. The van der Waals surface area contributed by atoms with Crippen LogP contribution in [0.4, 0.5) is 0 Å². The average molecular weight is 186 g/mol. The van der Waals surface area contributed by atoms with Gasteiger partial charge in [0.15, 0.2) is 0 Å². The van der Waals surface area contributed by atoms with Crippen LogP contribution in [0.1, 0.15) is 6.92 Å². The molecule has 0 aromatic rings. The summed E-state index contributed by atoms with van der Waals surface area (Å²) in [4.78, 5) is 22.3. The molecule has 1 aliphatic heterocycles. The van der Waals surface area contributed by atoms with Crippen molar-refractivity contribution in [1.29, 1.82) is 0 Å². The summed E-state index contributed by atoms with van der Waals surface area (Å²) in [5.41, 5.74) is 7.89. The molecular formula is C7H14N4O2. The van der Waals surface area contributed by atoms with E-state index in [9.17, 15) is 9.59 Å². The van der Waals surface area contributed by atoms with Crippen molar-refractivity contribution < 1.29 is 9.59 Å². The smallest absolute Gasteiger partial charge is 0.258 e. The Morgan fingerprint density at radius 1 is 1.85 bits per heavy atom. The first-order chi connectivity index (χ1) is 6.00. The summed E-state index contributed by atoms with van der Waals surface area (Å²) in [6.45, 7) is 2.04. The molecule has 2 atom stereocenters. The highest BCUT2D eigenvalue weighted by atomic mass is 16.2. The van der Waals surface area contributed by atoms with Gasteiger partial charge in [-0.25, -0.2) is 5.01 Å². The van der Waals surface area contributed by atoms with E-state index in [0.717, 1.165) is 0 Å². The maximum Gasteiger partial charge on any atom is 0.258 e. The topological polar surface area (TPSA) is 87.5 Å². The Balaban J connectivity index is 2.46. The van der Waals surface area contributed by atoms with Crippen LogP contribution in [0.2, 0.25) is 0 Å². The summed E-state index contributed by atoms with van der Waals surface area (Å²) < 4.78 is 0. The van der Waals surface area contributed by atoms with E-state index in [4.69, 9.17) is 5.73 Å². The number of carbonyl (C=O) groups excluding carboxylic acids is 2. The molecule has 1 saturated heterocycles. The van der Waals surface area contributed by atoms with E-state index in [2.05, 4.69) is 10.7 Å². The highest BCUT2D eigenvalue weighted by molar-refractivity contribution is 5.90. The second-order valence-electron chi connectivity index (χ2n) is 3.21. The fraction of sp³-hybridized carbons (Fsp3) is 0.714. The van der Waals surface area contributed by atoms with Crippen LogP contribution in [-0.4, -0.2) is 42.5 Å². The van der Waals surface area contributed by atoms with Crippen molar-refractivity contribution in [2.75, 3.05) is 13.6 Å². The van der Waals surface area contributed by atoms with Gasteiger partial charge in [0.25, 0.3) is 5.91 Å². The number of hydrogen-bond acceptors (Lipinski definition) is 4. The van der Waals surface area contributed by atoms with E-state index < -0.39 is 12.1 Å². The monoisotopic (exact) mass is 186 g/mol. The Morgan fingerprint density at radius 3 is 2.85 bits per heavy atom. The molecule has 0 aromatic carbocycles. The van der Waals surface area contributed by atoms with Crippen LogP contribution < -0.4 is 16.5 Å². The number of likely N-dealkylation sites (N-methyl/N-ethyl adjacent to an activating group) is 1. The molecule has 6 nitrogen and oxygen atoms in total. The number of rotatable bonds is 2. The van der Waals surface area contributed by atoms with Crippen LogP contribution in [0.15, 0.2) is 0 Å². The molecule has 0 spiro atoms. The normalized spacial score (nSPS) is 25.5. The molecule has 74 valence electrons. The molecule has 0 radical (unpaired) electrons. The highest BCUT2D eigenvalue weighted by Crippen LogP contribution is 1.96. The molecule has 13 heavy (non-hydrogen) atoms. The quantitative estimate of drug-likeness (QED) is 0.456. The fourth-order valence-electron chi connectivity index (χ4n) is 1.08. The van der Waals surface area contributed by atoms with Crippen LogP contribution in [0.25, 0.3) is 0 Å². The molecule has 6 heteroatoms. The van der Waals surface area contributed by atoms with Crippen LogP contribution in [0.5, 0.6) is 0 Å². The van der Waals surface area contributed by atoms with Gasteiger partial charge in [-0.3, -0.25) is 15.0 Å². The Labute approximate surface area is 76.4 Å². The minimum absolute atomic E-state index is 0.198. The third kappa shape index (κ3) is 2.40. The summed E-state index contributed by atoms with van der Waals surface area (Å²) in [5.74, 6) is -0.507. The van der Waals surface area contributed by atoms with Crippen LogP contribution in [-0.2, 0) is 9.59 Å². The van der Waals surface area contributed by atoms with Gasteiger partial charge in [-0.05, 0) is 6.92 Å². The van der Waals surface area contributed by atoms with Crippen LogP contribution in [0.3, 0.4) is 0 Å². The predicted octanol–water partition coefficient (Wildman–Crippen LogP) is -2.20. The van der Waals surface area contributed by atoms with Crippen molar-refractivity contribution in [3.8, 4) is 0 Å². The molecule has 1 unspecified atom stereocenters. The Morgan fingerprint density at radius 2 is 2.46 bits per heavy atom. The van der Waals surface area contributed by atoms with Crippen molar-refractivity contribution in [3.05, 3.63) is 0 Å².